The van der Waals surface area contributed by atoms with Crippen molar-refractivity contribution in [2.45, 2.75) is 26.1 Å². The van der Waals surface area contributed by atoms with Crippen LogP contribution in [0, 0.1) is 0 Å². The van der Waals surface area contributed by atoms with Gasteiger partial charge in [-0.1, -0.05) is 6.07 Å². The first-order chi connectivity index (χ1) is 11.2. The number of carbonyl (C=O) groups is 2. The van der Waals surface area contributed by atoms with Crippen LogP contribution in [-0.4, -0.2) is 23.0 Å². The third-order valence-corrected chi connectivity index (χ3v) is 3.57. The third kappa shape index (κ3) is 4.31. The minimum absolute atomic E-state index is 0.180. The van der Waals surface area contributed by atoms with Gasteiger partial charge in [0.1, 0.15) is 4.88 Å². The number of rotatable bonds is 4. The zero-order chi connectivity index (χ0) is 17.9. The zero-order valence-corrected chi connectivity index (χ0v) is 13.5. The maximum atomic E-state index is 12.8. The highest BCUT2D eigenvalue weighted by Gasteiger charge is 2.38. The van der Waals surface area contributed by atoms with Crippen LogP contribution in [0.4, 0.5) is 18.9 Å². The Balaban J connectivity index is 2.19. The standard InChI is InChI=1S/C15H13F3N2O3S/c1-8(2)23-14(22)9-4-3-5-10(6-9)20-13(21)11-12(15(16,17)18)19-7-24-11/h3-8H,1-2H3,(H,20,21). The molecule has 0 spiro atoms. The molecular weight excluding hydrogens is 345 g/mol. The fourth-order valence-electron chi connectivity index (χ4n) is 1.80. The molecule has 1 N–H and O–H groups in total. The van der Waals surface area contributed by atoms with Gasteiger partial charge in [0.2, 0.25) is 0 Å². The number of thiazole rings is 1. The lowest BCUT2D eigenvalue weighted by atomic mass is 10.2. The summed E-state index contributed by atoms with van der Waals surface area (Å²) in [5.41, 5.74) is 0.0793. The second-order valence-electron chi connectivity index (χ2n) is 5.02. The Hall–Kier alpha value is -2.42. The lowest BCUT2D eigenvalue weighted by molar-refractivity contribution is -0.141. The molecule has 1 aromatic heterocycles. The minimum Gasteiger partial charge on any atom is -0.459 e. The smallest absolute Gasteiger partial charge is 0.434 e. The summed E-state index contributed by atoms with van der Waals surface area (Å²) in [6, 6.07) is 5.76. The molecule has 0 saturated heterocycles. The largest absolute Gasteiger partial charge is 0.459 e. The summed E-state index contributed by atoms with van der Waals surface area (Å²) in [5, 5.41) is 2.33. The molecule has 0 atom stereocenters. The minimum atomic E-state index is -4.71. The molecule has 0 radical (unpaired) electrons. The summed E-state index contributed by atoms with van der Waals surface area (Å²) in [6.07, 6.45) is -5.03. The van der Waals surface area contributed by atoms with E-state index in [2.05, 4.69) is 10.3 Å². The van der Waals surface area contributed by atoms with Crippen LogP contribution in [-0.2, 0) is 10.9 Å². The van der Waals surface area contributed by atoms with Gasteiger partial charge in [0.05, 0.1) is 17.2 Å². The summed E-state index contributed by atoms with van der Waals surface area (Å²) < 4.78 is 43.3. The normalized spacial score (nSPS) is 11.4. The van der Waals surface area contributed by atoms with Gasteiger partial charge in [0.25, 0.3) is 5.91 Å². The number of ether oxygens (including phenoxy) is 1. The summed E-state index contributed by atoms with van der Waals surface area (Å²) in [5.74, 6) is -1.53. The van der Waals surface area contributed by atoms with Crippen molar-refractivity contribution < 1.29 is 27.5 Å². The van der Waals surface area contributed by atoms with Crippen molar-refractivity contribution in [2.24, 2.45) is 0 Å². The Bertz CT molecular complexity index is 756. The first-order valence-corrected chi connectivity index (χ1v) is 7.69. The number of benzene rings is 1. The second kappa shape index (κ2) is 7.00. The van der Waals surface area contributed by atoms with Gasteiger partial charge < -0.3 is 10.1 Å². The Morgan fingerprint density at radius 3 is 2.62 bits per heavy atom. The van der Waals surface area contributed by atoms with Crippen molar-refractivity contribution in [3.05, 3.63) is 45.9 Å². The number of carbonyl (C=O) groups excluding carboxylic acids is 2. The van der Waals surface area contributed by atoms with Crippen LogP contribution in [0.5, 0.6) is 0 Å². The highest BCUT2D eigenvalue weighted by Crippen LogP contribution is 2.33. The predicted octanol–water partition coefficient (Wildman–Crippen LogP) is 3.98. The maximum absolute atomic E-state index is 12.8. The second-order valence-corrected chi connectivity index (χ2v) is 5.87. The van der Waals surface area contributed by atoms with E-state index in [9.17, 15) is 22.8 Å². The van der Waals surface area contributed by atoms with Gasteiger partial charge in [0.15, 0.2) is 5.69 Å². The zero-order valence-electron chi connectivity index (χ0n) is 12.7. The number of nitrogens with zero attached hydrogens (tertiary/aromatic N) is 1. The molecule has 0 saturated carbocycles. The van der Waals surface area contributed by atoms with E-state index in [1.54, 1.807) is 13.8 Å². The van der Waals surface area contributed by atoms with Crippen LogP contribution in [0.3, 0.4) is 0 Å². The van der Waals surface area contributed by atoms with Gasteiger partial charge in [-0.05, 0) is 32.0 Å². The molecule has 2 rings (SSSR count). The molecule has 9 heteroatoms. The molecule has 5 nitrogen and oxygen atoms in total. The number of halogens is 3. The van der Waals surface area contributed by atoms with Gasteiger partial charge in [-0.3, -0.25) is 4.79 Å². The fraction of sp³-hybridized carbons (Fsp3) is 0.267. The van der Waals surface area contributed by atoms with E-state index in [0.717, 1.165) is 5.51 Å². The van der Waals surface area contributed by atoms with E-state index in [-0.39, 0.29) is 17.4 Å². The molecule has 1 amide bonds. The Morgan fingerprint density at radius 2 is 2.00 bits per heavy atom. The van der Waals surface area contributed by atoms with Crippen LogP contribution in [0.15, 0.2) is 29.8 Å². The van der Waals surface area contributed by atoms with Gasteiger partial charge in [0, 0.05) is 5.69 Å². The molecule has 0 aliphatic rings. The topological polar surface area (TPSA) is 68.3 Å². The maximum Gasteiger partial charge on any atom is 0.434 e. The van der Waals surface area contributed by atoms with Crippen molar-refractivity contribution in [1.29, 1.82) is 0 Å². The molecule has 0 aliphatic carbocycles. The van der Waals surface area contributed by atoms with Crippen LogP contribution >= 0.6 is 11.3 Å². The van der Waals surface area contributed by atoms with Crippen molar-refractivity contribution >= 4 is 28.9 Å². The van der Waals surface area contributed by atoms with Gasteiger partial charge >= 0.3 is 12.1 Å². The first kappa shape index (κ1) is 17.9. The van der Waals surface area contributed by atoms with Crippen LogP contribution in [0.25, 0.3) is 0 Å². The van der Waals surface area contributed by atoms with E-state index < -0.39 is 28.6 Å². The summed E-state index contributed by atoms with van der Waals surface area (Å²) in [4.78, 5) is 26.5. The first-order valence-electron chi connectivity index (χ1n) is 6.81. The number of alkyl halides is 3. The number of esters is 1. The number of hydrogen-bond donors (Lipinski definition) is 1. The fourth-order valence-corrected chi connectivity index (χ4v) is 2.50. The Labute approximate surface area is 139 Å². The van der Waals surface area contributed by atoms with E-state index in [1.807, 2.05) is 0 Å². The van der Waals surface area contributed by atoms with Crippen molar-refractivity contribution in [3.8, 4) is 0 Å². The Morgan fingerprint density at radius 1 is 1.29 bits per heavy atom. The molecule has 2 aromatic rings. The Kier molecular flexibility index (Phi) is 5.23. The molecule has 0 aliphatic heterocycles. The van der Waals surface area contributed by atoms with Crippen LogP contribution < -0.4 is 5.32 Å². The van der Waals surface area contributed by atoms with Crippen molar-refractivity contribution in [2.75, 3.05) is 5.32 Å². The van der Waals surface area contributed by atoms with E-state index in [4.69, 9.17) is 4.74 Å². The average Bonchev–Trinajstić information content (AvgIpc) is 2.96. The molecular formula is C15H13F3N2O3S. The monoisotopic (exact) mass is 358 g/mol. The predicted molar refractivity (Wildman–Crippen MR) is 82.1 cm³/mol. The molecule has 0 bridgehead atoms. The average molecular weight is 358 g/mol. The van der Waals surface area contributed by atoms with Gasteiger partial charge in [-0.15, -0.1) is 11.3 Å². The van der Waals surface area contributed by atoms with Crippen molar-refractivity contribution in [1.82, 2.24) is 4.98 Å². The quantitative estimate of drug-likeness (QED) is 0.840. The lowest BCUT2D eigenvalue weighted by Gasteiger charge is -2.10. The summed E-state index contributed by atoms with van der Waals surface area (Å²) in [7, 11) is 0. The van der Waals surface area contributed by atoms with E-state index >= 15 is 0 Å². The van der Waals surface area contributed by atoms with Crippen molar-refractivity contribution in [3.63, 3.8) is 0 Å². The molecule has 1 aromatic carbocycles. The molecule has 0 unspecified atom stereocenters. The number of aromatic nitrogens is 1. The number of hydrogen-bond acceptors (Lipinski definition) is 5. The highest BCUT2D eigenvalue weighted by atomic mass is 32.1. The lowest BCUT2D eigenvalue weighted by Crippen LogP contribution is -2.17. The molecule has 0 fully saturated rings. The summed E-state index contributed by atoms with van der Waals surface area (Å²) in [6.45, 7) is 3.37. The molecule has 1 heterocycles. The van der Waals surface area contributed by atoms with Gasteiger partial charge in [-0.2, -0.15) is 13.2 Å². The van der Waals surface area contributed by atoms with E-state index in [0.29, 0.717) is 11.3 Å². The molecule has 128 valence electrons. The van der Waals surface area contributed by atoms with Gasteiger partial charge in [-0.25, -0.2) is 9.78 Å². The number of nitrogens with one attached hydrogen (secondary N) is 1. The highest BCUT2D eigenvalue weighted by molar-refractivity contribution is 7.12. The van der Waals surface area contributed by atoms with Crippen LogP contribution in [0.2, 0.25) is 0 Å². The summed E-state index contributed by atoms with van der Waals surface area (Å²) >= 11 is 0.588. The number of amides is 1. The number of anilines is 1. The SMILES string of the molecule is CC(C)OC(=O)c1cccc(NC(=O)c2scnc2C(F)(F)F)c1. The third-order valence-electron chi connectivity index (χ3n) is 2.74. The molecule has 24 heavy (non-hydrogen) atoms. The van der Waals surface area contributed by atoms with E-state index in [1.165, 1.54) is 24.3 Å². The van der Waals surface area contributed by atoms with Crippen LogP contribution in [0.1, 0.15) is 39.6 Å².